The second-order valence-electron chi connectivity index (χ2n) is 4.22. The van der Waals surface area contributed by atoms with Crippen molar-refractivity contribution < 1.29 is 19.4 Å². The Morgan fingerprint density at radius 3 is 2.47 bits per heavy atom. The van der Waals surface area contributed by atoms with Crippen molar-refractivity contribution in [2.24, 2.45) is 0 Å². The third kappa shape index (κ3) is 2.68. The zero-order valence-corrected chi connectivity index (χ0v) is 11.5. The molecule has 1 fully saturated rings. The van der Waals surface area contributed by atoms with Crippen LogP contribution in [-0.4, -0.2) is 35.7 Å². The highest BCUT2D eigenvalue weighted by molar-refractivity contribution is 7.99. The van der Waals surface area contributed by atoms with Crippen LogP contribution in [0.2, 0.25) is 0 Å². The molecule has 2 atom stereocenters. The number of rotatable bonds is 3. The lowest BCUT2D eigenvalue weighted by Crippen LogP contribution is -2.48. The maximum atomic E-state index is 11.7. The van der Waals surface area contributed by atoms with Crippen LogP contribution in [0.4, 0.5) is 0 Å². The minimum atomic E-state index is -1.21. The second kappa shape index (κ2) is 5.52. The number of hydrogen-bond acceptors (Lipinski definition) is 5. The average molecular weight is 280 g/mol. The number of methoxy groups -OCH3 is 1. The molecule has 2 rings (SSSR count). The van der Waals surface area contributed by atoms with Crippen molar-refractivity contribution >= 4 is 23.6 Å². The number of carboxylic acids is 1. The Balaban J connectivity index is 2.27. The Morgan fingerprint density at radius 1 is 1.37 bits per heavy atom. The zero-order valence-electron chi connectivity index (χ0n) is 10.7. The zero-order chi connectivity index (χ0) is 14.0. The molecule has 0 aliphatic carbocycles. The minimum Gasteiger partial charge on any atom is -0.548 e. The van der Waals surface area contributed by atoms with Gasteiger partial charge in [-0.1, -0.05) is 12.1 Å². The number of amides is 1. The van der Waals surface area contributed by atoms with Gasteiger partial charge < -0.3 is 19.5 Å². The molecule has 0 aromatic heterocycles. The molecule has 0 bridgehead atoms. The monoisotopic (exact) mass is 280 g/mol. The van der Waals surface area contributed by atoms with Crippen molar-refractivity contribution in [1.82, 2.24) is 4.90 Å². The fourth-order valence-corrected chi connectivity index (χ4v) is 3.56. The summed E-state index contributed by atoms with van der Waals surface area (Å²) in [4.78, 5) is 24.1. The fourth-order valence-electron chi connectivity index (χ4n) is 2.10. The van der Waals surface area contributed by atoms with Crippen molar-refractivity contribution in [3.8, 4) is 5.75 Å². The molecule has 0 unspecified atom stereocenters. The summed E-state index contributed by atoms with van der Waals surface area (Å²) < 4.78 is 5.07. The molecule has 1 amide bonds. The first-order chi connectivity index (χ1) is 9.04. The second-order valence-corrected chi connectivity index (χ2v) is 5.33. The van der Waals surface area contributed by atoms with Crippen LogP contribution >= 0.6 is 11.8 Å². The standard InChI is InChI=1S/C13H15NO4S/c1-8(15)14-11(13(16)17)7-19-12(14)9-3-5-10(18-2)6-4-9/h3-6,11-12H,7H2,1-2H3,(H,16,17)/p-1/t11-,12+/m0/s1. The van der Waals surface area contributed by atoms with Crippen LogP contribution in [0.3, 0.4) is 0 Å². The molecular weight excluding hydrogens is 266 g/mol. The molecule has 1 aliphatic rings. The molecule has 102 valence electrons. The van der Waals surface area contributed by atoms with E-state index in [1.807, 2.05) is 12.1 Å². The summed E-state index contributed by atoms with van der Waals surface area (Å²) >= 11 is 1.43. The number of carboxylic acid groups (broad SMARTS) is 1. The largest absolute Gasteiger partial charge is 0.548 e. The summed E-state index contributed by atoms with van der Waals surface area (Å²) in [5.74, 6) is -0.408. The van der Waals surface area contributed by atoms with Gasteiger partial charge in [-0.25, -0.2) is 0 Å². The van der Waals surface area contributed by atoms with Crippen molar-refractivity contribution in [2.45, 2.75) is 18.3 Å². The van der Waals surface area contributed by atoms with Crippen LogP contribution in [0.5, 0.6) is 5.75 Å². The average Bonchev–Trinajstić information content (AvgIpc) is 2.83. The molecule has 0 N–H and O–H groups in total. The maximum absolute atomic E-state index is 11.7. The minimum absolute atomic E-state index is 0.264. The molecule has 1 aromatic rings. The molecule has 1 saturated heterocycles. The summed E-state index contributed by atoms with van der Waals surface area (Å²) in [7, 11) is 1.58. The van der Waals surface area contributed by atoms with Crippen molar-refractivity contribution in [2.75, 3.05) is 12.9 Å². The highest BCUT2D eigenvalue weighted by Gasteiger charge is 2.37. The number of hydrogen-bond donors (Lipinski definition) is 0. The first-order valence-corrected chi connectivity index (χ1v) is 6.84. The van der Waals surface area contributed by atoms with E-state index in [9.17, 15) is 14.7 Å². The molecule has 5 nitrogen and oxygen atoms in total. The first kappa shape index (κ1) is 13.7. The summed E-state index contributed by atoms with van der Waals surface area (Å²) in [6.45, 7) is 1.37. The lowest BCUT2D eigenvalue weighted by atomic mass is 10.1. The Kier molecular flexibility index (Phi) is 3.99. The Bertz CT molecular complexity index is 488. The van der Waals surface area contributed by atoms with Gasteiger partial charge in [-0.05, 0) is 17.7 Å². The van der Waals surface area contributed by atoms with Crippen molar-refractivity contribution in [1.29, 1.82) is 0 Å². The van der Waals surface area contributed by atoms with E-state index in [-0.39, 0.29) is 11.3 Å². The van der Waals surface area contributed by atoms with Gasteiger partial charge in [-0.3, -0.25) is 4.79 Å². The van der Waals surface area contributed by atoms with Gasteiger partial charge >= 0.3 is 0 Å². The Labute approximate surface area is 115 Å². The van der Waals surface area contributed by atoms with Gasteiger partial charge in [0.2, 0.25) is 5.91 Å². The number of nitrogens with zero attached hydrogens (tertiary/aromatic N) is 1. The van der Waals surface area contributed by atoms with Gasteiger partial charge in [-0.15, -0.1) is 11.8 Å². The first-order valence-electron chi connectivity index (χ1n) is 5.80. The van der Waals surface area contributed by atoms with Crippen LogP contribution in [0.1, 0.15) is 17.9 Å². The Morgan fingerprint density at radius 2 is 2.00 bits per heavy atom. The van der Waals surface area contributed by atoms with E-state index in [4.69, 9.17) is 4.74 Å². The maximum Gasteiger partial charge on any atom is 0.221 e. The molecule has 0 saturated carbocycles. The topological polar surface area (TPSA) is 69.7 Å². The summed E-state index contributed by atoms with van der Waals surface area (Å²) in [6, 6.07) is 6.39. The number of aliphatic carboxylic acids is 1. The van der Waals surface area contributed by atoms with E-state index in [2.05, 4.69) is 0 Å². The van der Waals surface area contributed by atoms with E-state index in [1.54, 1.807) is 19.2 Å². The van der Waals surface area contributed by atoms with Gasteiger partial charge in [0.25, 0.3) is 0 Å². The molecule has 1 heterocycles. The lowest BCUT2D eigenvalue weighted by molar-refractivity contribution is -0.310. The van der Waals surface area contributed by atoms with Gasteiger partial charge in [-0.2, -0.15) is 0 Å². The molecule has 19 heavy (non-hydrogen) atoms. The van der Waals surface area contributed by atoms with E-state index >= 15 is 0 Å². The highest BCUT2D eigenvalue weighted by atomic mass is 32.2. The SMILES string of the molecule is COc1ccc([C@H]2SC[C@@H](C(=O)[O-])N2C(C)=O)cc1. The van der Waals surface area contributed by atoms with Crippen molar-refractivity contribution in [3.63, 3.8) is 0 Å². The molecule has 0 radical (unpaired) electrons. The molecule has 1 aromatic carbocycles. The molecule has 6 heteroatoms. The van der Waals surface area contributed by atoms with Gasteiger partial charge in [0.15, 0.2) is 0 Å². The quantitative estimate of drug-likeness (QED) is 0.802. The van der Waals surface area contributed by atoms with Gasteiger partial charge in [0, 0.05) is 12.7 Å². The lowest BCUT2D eigenvalue weighted by Gasteiger charge is -2.29. The van der Waals surface area contributed by atoms with Gasteiger partial charge in [0.1, 0.15) is 11.1 Å². The third-order valence-electron chi connectivity index (χ3n) is 3.04. The molecular formula is C13H14NO4S-. The fraction of sp³-hybridized carbons (Fsp3) is 0.385. The molecule has 0 spiro atoms. The summed E-state index contributed by atoms with van der Waals surface area (Å²) in [6.07, 6.45) is 0. The number of ether oxygens (including phenoxy) is 1. The van der Waals surface area contributed by atoms with E-state index < -0.39 is 12.0 Å². The highest BCUT2D eigenvalue weighted by Crippen LogP contribution is 2.41. The van der Waals surface area contributed by atoms with E-state index in [0.717, 1.165) is 11.3 Å². The smallest absolute Gasteiger partial charge is 0.221 e. The number of carbonyl (C=O) groups is 2. The predicted octanol–water partition coefficient (Wildman–Crippen LogP) is 0.408. The van der Waals surface area contributed by atoms with Crippen LogP contribution < -0.4 is 9.84 Å². The van der Waals surface area contributed by atoms with Crippen LogP contribution in [-0.2, 0) is 9.59 Å². The summed E-state index contributed by atoms with van der Waals surface area (Å²) in [5.41, 5.74) is 0.879. The normalized spacial score (nSPS) is 22.3. The molecule has 1 aliphatic heterocycles. The Hall–Kier alpha value is -1.69. The third-order valence-corrected chi connectivity index (χ3v) is 4.36. The summed E-state index contributed by atoms with van der Waals surface area (Å²) in [5, 5.41) is 10.8. The van der Waals surface area contributed by atoms with Gasteiger partial charge in [0.05, 0.1) is 19.1 Å². The van der Waals surface area contributed by atoms with E-state index in [1.165, 1.54) is 23.6 Å². The van der Waals surface area contributed by atoms with E-state index in [0.29, 0.717) is 5.75 Å². The number of thioether (sulfide) groups is 1. The van der Waals surface area contributed by atoms with Crippen LogP contribution in [0, 0.1) is 0 Å². The van der Waals surface area contributed by atoms with Crippen LogP contribution in [0.15, 0.2) is 24.3 Å². The predicted molar refractivity (Wildman–Crippen MR) is 69.5 cm³/mol. The van der Waals surface area contributed by atoms with Crippen LogP contribution in [0.25, 0.3) is 0 Å². The number of benzene rings is 1. The number of carbonyl (C=O) groups excluding carboxylic acids is 2. The van der Waals surface area contributed by atoms with Crippen molar-refractivity contribution in [3.05, 3.63) is 29.8 Å².